The molecule has 0 aliphatic carbocycles. The van der Waals surface area contributed by atoms with Gasteiger partial charge in [0.05, 0.1) is 18.7 Å². The third kappa shape index (κ3) is 6.51. The molecule has 208 valence electrons. The zero-order valence-electron chi connectivity index (χ0n) is 22.8. The zero-order chi connectivity index (χ0) is 27.9. The van der Waals surface area contributed by atoms with Gasteiger partial charge < -0.3 is 18.8 Å². The first-order valence-corrected chi connectivity index (χ1v) is 13.8. The van der Waals surface area contributed by atoms with E-state index in [2.05, 4.69) is 17.0 Å². The van der Waals surface area contributed by atoms with Gasteiger partial charge in [-0.15, -0.1) is 0 Å². The van der Waals surface area contributed by atoms with Gasteiger partial charge in [-0.2, -0.15) is 0 Å². The van der Waals surface area contributed by atoms with Crippen LogP contribution in [0, 0.1) is 5.82 Å². The van der Waals surface area contributed by atoms with E-state index in [1.165, 1.54) is 17.7 Å². The first kappa shape index (κ1) is 27.4. The molecule has 0 radical (unpaired) electrons. The summed E-state index contributed by atoms with van der Waals surface area (Å²) in [4.78, 5) is 32.1. The van der Waals surface area contributed by atoms with Gasteiger partial charge in [0.2, 0.25) is 0 Å². The van der Waals surface area contributed by atoms with E-state index < -0.39 is 5.82 Å². The zero-order valence-corrected chi connectivity index (χ0v) is 22.8. The number of furan rings is 1. The Morgan fingerprint density at radius 3 is 2.38 bits per heavy atom. The van der Waals surface area contributed by atoms with Gasteiger partial charge in [-0.05, 0) is 48.4 Å². The number of hydrogen-bond donors (Lipinski definition) is 0. The average molecular weight is 543 g/mol. The Labute approximate surface area is 234 Å². The molecule has 0 N–H and O–H groups in total. The highest BCUT2D eigenvalue weighted by Crippen LogP contribution is 2.18. The lowest BCUT2D eigenvalue weighted by Crippen LogP contribution is -2.48. The van der Waals surface area contributed by atoms with Gasteiger partial charge in [-0.25, -0.2) is 4.39 Å². The molecule has 0 spiro atoms. The normalized spacial score (nSPS) is 13.9. The van der Waals surface area contributed by atoms with Crippen molar-refractivity contribution < 1.29 is 18.4 Å². The highest BCUT2D eigenvalue weighted by molar-refractivity contribution is 5.94. The summed E-state index contributed by atoms with van der Waals surface area (Å²) in [5.41, 5.74) is 2.25. The molecule has 1 fully saturated rings. The van der Waals surface area contributed by atoms with Gasteiger partial charge >= 0.3 is 0 Å². The maximum atomic E-state index is 14.3. The quantitative estimate of drug-likeness (QED) is 0.274. The van der Waals surface area contributed by atoms with E-state index in [9.17, 15) is 14.0 Å². The third-order valence-electron chi connectivity index (χ3n) is 7.27. The maximum Gasteiger partial charge on any atom is 0.289 e. The predicted octanol–water partition coefficient (Wildman–Crippen LogP) is 5.28. The van der Waals surface area contributed by atoms with Gasteiger partial charge in [0.25, 0.3) is 11.8 Å². The number of hydrogen-bond acceptors (Lipinski definition) is 4. The molecular formula is C32H35FN4O3. The van der Waals surface area contributed by atoms with Crippen LogP contribution in [0.5, 0.6) is 0 Å². The minimum absolute atomic E-state index is 0.0733. The highest BCUT2D eigenvalue weighted by Gasteiger charge is 2.25. The molecule has 1 saturated heterocycles. The Kier molecular flexibility index (Phi) is 8.76. The van der Waals surface area contributed by atoms with Crippen LogP contribution in [0.3, 0.4) is 0 Å². The molecule has 1 aliphatic rings. The number of carbonyl (C=O) groups excluding carboxylic acids is 2. The summed E-state index contributed by atoms with van der Waals surface area (Å²) in [6, 6.07) is 23.9. The minimum atomic E-state index is -0.519. The van der Waals surface area contributed by atoms with Crippen LogP contribution in [0.4, 0.5) is 4.39 Å². The van der Waals surface area contributed by atoms with Crippen LogP contribution in [0.15, 0.2) is 89.5 Å². The molecule has 40 heavy (non-hydrogen) atoms. The fourth-order valence-corrected chi connectivity index (χ4v) is 5.12. The van der Waals surface area contributed by atoms with Gasteiger partial charge in [-0.1, -0.05) is 49.4 Å². The molecule has 0 bridgehead atoms. The molecule has 7 nitrogen and oxygen atoms in total. The number of amides is 2. The first-order valence-electron chi connectivity index (χ1n) is 13.8. The molecule has 2 amide bonds. The van der Waals surface area contributed by atoms with Crippen molar-refractivity contribution in [2.75, 3.05) is 32.7 Å². The second kappa shape index (κ2) is 12.8. The van der Waals surface area contributed by atoms with E-state index in [0.717, 1.165) is 31.7 Å². The lowest BCUT2D eigenvalue weighted by molar-refractivity contribution is 0.0595. The van der Waals surface area contributed by atoms with Crippen LogP contribution in [-0.2, 0) is 19.6 Å². The van der Waals surface area contributed by atoms with Crippen LogP contribution in [0.1, 0.15) is 51.3 Å². The smallest absolute Gasteiger partial charge is 0.289 e. The van der Waals surface area contributed by atoms with Crippen molar-refractivity contribution in [2.45, 2.75) is 33.0 Å². The third-order valence-corrected chi connectivity index (χ3v) is 7.27. The largest absolute Gasteiger partial charge is 0.454 e. The van der Waals surface area contributed by atoms with Crippen molar-refractivity contribution in [1.29, 1.82) is 0 Å². The predicted molar refractivity (Wildman–Crippen MR) is 151 cm³/mol. The van der Waals surface area contributed by atoms with E-state index in [1.54, 1.807) is 23.1 Å². The molecule has 0 unspecified atom stereocenters. The van der Waals surface area contributed by atoms with E-state index in [0.29, 0.717) is 44.2 Å². The number of aromatic nitrogens is 1. The van der Waals surface area contributed by atoms with Crippen LogP contribution >= 0.6 is 0 Å². The van der Waals surface area contributed by atoms with Crippen molar-refractivity contribution in [3.8, 4) is 0 Å². The van der Waals surface area contributed by atoms with E-state index >= 15 is 0 Å². The van der Waals surface area contributed by atoms with Gasteiger partial charge in [0.1, 0.15) is 11.6 Å². The summed E-state index contributed by atoms with van der Waals surface area (Å²) in [7, 11) is 0. The molecule has 1 aliphatic heterocycles. The number of rotatable bonds is 10. The Bertz CT molecular complexity index is 1420. The number of halogens is 1. The summed E-state index contributed by atoms with van der Waals surface area (Å²) < 4.78 is 22.3. The van der Waals surface area contributed by atoms with Crippen LogP contribution in [0.2, 0.25) is 0 Å². The first-order chi connectivity index (χ1) is 19.5. The Hall–Kier alpha value is -4.17. The fourth-order valence-electron chi connectivity index (χ4n) is 5.12. The SMILES string of the molecule is CCCN(Cc1cccn1Cc1ccc(C(=O)N2CCN(Cc3ccccc3)CC2)o1)C(=O)c1ccccc1F. The number of piperazine rings is 1. The minimum Gasteiger partial charge on any atom is -0.454 e. The van der Waals surface area contributed by atoms with Crippen molar-refractivity contribution >= 4 is 11.8 Å². The Balaban J connectivity index is 1.19. The summed E-state index contributed by atoms with van der Waals surface area (Å²) >= 11 is 0. The van der Waals surface area contributed by atoms with Crippen molar-refractivity contribution in [3.63, 3.8) is 0 Å². The maximum absolute atomic E-state index is 14.3. The van der Waals surface area contributed by atoms with Crippen LogP contribution in [0.25, 0.3) is 0 Å². The molecule has 0 saturated carbocycles. The molecule has 0 atom stereocenters. The Morgan fingerprint density at radius 2 is 1.62 bits per heavy atom. The molecule has 3 heterocycles. The van der Waals surface area contributed by atoms with Gasteiger partial charge in [0, 0.05) is 51.2 Å². The van der Waals surface area contributed by atoms with Crippen LogP contribution in [-0.4, -0.2) is 63.8 Å². The lowest BCUT2D eigenvalue weighted by atomic mass is 10.1. The van der Waals surface area contributed by atoms with Crippen molar-refractivity contribution in [2.24, 2.45) is 0 Å². The molecule has 8 heteroatoms. The fraction of sp³-hybridized carbons (Fsp3) is 0.312. The van der Waals surface area contributed by atoms with Gasteiger partial charge in [-0.3, -0.25) is 14.5 Å². The van der Waals surface area contributed by atoms with Crippen molar-refractivity contribution in [1.82, 2.24) is 19.3 Å². The van der Waals surface area contributed by atoms with E-state index in [4.69, 9.17) is 4.42 Å². The monoisotopic (exact) mass is 542 g/mol. The number of carbonyl (C=O) groups is 2. The van der Waals surface area contributed by atoms with Crippen LogP contribution < -0.4 is 0 Å². The highest BCUT2D eigenvalue weighted by atomic mass is 19.1. The second-order valence-corrected chi connectivity index (χ2v) is 10.2. The summed E-state index contributed by atoms with van der Waals surface area (Å²) in [5.74, 6) is 0.0494. The topological polar surface area (TPSA) is 61.9 Å². The molecule has 2 aromatic carbocycles. The van der Waals surface area contributed by atoms with Crippen molar-refractivity contribution in [3.05, 3.63) is 119 Å². The molecule has 2 aromatic heterocycles. The Morgan fingerprint density at radius 1 is 0.875 bits per heavy atom. The number of benzene rings is 2. The molecule has 4 aromatic rings. The van der Waals surface area contributed by atoms with E-state index in [-0.39, 0.29) is 17.4 Å². The van der Waals surface area contributed by atoms with Gasteiger partial charge in [0.15, 0.2) is 5.76 Å². The molecule has 5 rings (SSSR count). The summed E-state index contributed by atoms with van der Waals surface area (Å²) in [6.07, 6.45) is 2.67. The lowest BCUT2D eigenvalue weighted by Gasteiger charge is -2.34. The standard InChI is InChI=1S/C32H35FN4O3/c1-2-16-37(31(38)28-12-6-7-13-29(28)33)23-26-11-8-17-36(26)24-27-14-15-30(40-27)32(39)35-20-18-34(19-21-35)22-25-9-4-3-5-10-25/h3-15,17H,2,16,18-24H2,1H3. The van der Waals surface area contributed by atoms with E-state index in [1.807, 2.05) is 59.0 Å². The summed E-state index contributed by atoms with van der Waals surface area (Å²) in [6.45, 7) is 7.11. The summed E-state index contributed by atoms with van der Waals surface area (Å²) in [5, 5.41) is 0. The number of nitrogens with zero attached hydrogens (tertiary/aromatic N) is 4. The molecular weight excluding hydrogens is 507 g/mol. The average Bonchev–Trinajstić information content (AvgIpc) is 3.63. The second-order valence-electron chi connectivity index (χ2n) is 10.2.